The van der Waals surface area contributed by atoms with E-state index in [0.29, 0.717) is 21.8 Å². The molecular weight excluding hydrogens is 485 g/mol. The van der Waals surface area contributed by atoms with E-state index < -0.39 is 5.92 Å². The highest BCUT2D eigenvalue weighted by molar-refractivity contribution is 6.42. The molecule has 0 spiro atoms. The number of amides is 1. The highest BCUT2D eigenvalue weighted by Crippen LogP contribution is 2.38. The lowest BCUT2D eigenvalue weighted by atomic mass is 9.80. The van der Waals surface area contributed by atoms with Gasteiger partial charge in [-0.05, 0) is 69.1 Å². The van der Waals surface area contributed by atoms with Crippen molar-refractivity contribution in [3.63, 3.8) is 0 Å². The molecule has 0 radical (unpaired) electrons. The number of ether oxygens (including phenoxy) is 1. The molecule has 3 atom stereocenters. The summed E-state index contributed by atoms with van der Waals surface area (Å²) in [6.45, 7) is 9.36. The number of likely N-dealkylation sites (N-methyl/N-ethyl adjacent to an activating group) is 1. The highest BCUT2D eigenvalue weighted by Gasteiger charge is 2.35. The first kappa shape index (κ1) is 27.8. The average molecular weight is 523 g/mol. The van der Waals surface area contributed by atoms with E-state index in [9.17, 15) is 4.79 Å². The number of carbonyl (C=O) groups is 1. The molecule has 3 rings (SSSR count). The number of halogens is 2. The zero-order chi connectivity index (χ0) is 25.6. The van der Waals surface area contributed by atoms with Gasteiger partial charge in [-0.2, -0.15) is 0 Å². The third-order valence-electron chi connectivity index (χ3n) is 6.27. The van der Waals surface area contributed by atoms with Gasteiger partial charge in [0, 0.05) is 37.6 Å². The SMILES string of the molecule is CNC(=O)C(c1ccc(Cl)c(Cl)c1)[C@H](CN1CC[C@H](NC(C)(C)C)C1)c1ccc(OCCO)cc1. The molecule has 0 aliphatic carbocycles. The van der Waals surface area contributed by atoms with Gasteiger partial charge >= 0.3 is 0 Å². The van der Waals surface area contributed by atoms with Crippen LogP contribution in [0.5, 0.6) is 5.75 Å². The van der Waals surface area contributed by atoms with E-state index in [1.165, 1.54) is 0 Å². The predicted octanol–water partition coefficient (Wildman–Crippen LogP) is 4.44. The Hall–Kier alpha value is -1.83. The molecule has 1 heterocycles. The van der Waals surface area contributed by atoms with Gasteiger partial charge < -0.3 is 25.4 Å². The molecule has 6 nitrogen and oxygen atoms in total. The molecule has 8 heteroatoms. The summed E-state index contributed by atoms with van der Waals surface area (Å²) in [4.78, 5) is 15.7. The van der Waals surface area contributed by atoms with Crippen LogP contribution in [-0.4, -0.2) is 67.4 Å². The molecule has 3 N–H and O–H groups in total. The summed E-state index contributed by atoms with van der Waals surface area (Å²) in [5, 5.41) is 16.5. The van der Waals surface area contributed by atoms with Gasteiger partial charge in [-0.1, -0.05) is 41.4 Å². The Labute approximate surface area is 218 Å². The zero-order valence-corrected chi connectivity index (χ0v) is 22.5. The topological polar surface area (TPSA) is 73.8 Å². The van der Waals surface area contributed by atoms with Crippen LogP contribution in [0.1, 0.15) is 50.2 Å². The maximum atomic E-state index is 13.3. The summed E-state index contributed by atoms with van der Waals surface area (Å²) in [5.41, 5.74) is 1.91. The monoisotopic (exact) mass is 521 g/mol. The number of benzene rings is 2. The normalized spacial score (nSPS) is 18.3. The van der Waals surface area contributed by atoms with Crippen LogP contribution < -0.4 is 15.4 Å². The molecule has 1 amide bonds. The smallest absolute Gasteiger partial charge is 0.227 e. The predicted molar refractivity (Wildman–Crippen MR) is 143 cm³/mol. The minimum Gasteiger partial charge on any atom is -0.491 e. The first-order chi connectivity index (χ1) is 16.6. The van der Waals surface area contributed by atoms with Crippen LogP contribution in [0.2, 0.25) is 10.0 Å². The maximum Gasteiger partial charge on any atom is 0.227 e. The molecular formula is C27H37Cl2N3O3. The minimum absolute atomic E-state index is 0.0425. The Bertz CT molecular complexity index is 979. The van der Waals surface area contributed by atoms with Crippen LogP contribution in [0.3, 0.4) is 0 Å². The number of rotatable bonds is 10. The fraction of sp³-hybridized carbons (Fsp3) is 0.519. The van der Waals surface area contributed by atoms with Crippen LogP contribution in [0.4, 0.5) is 0 Å². The van der Waals surface area contributed by atoms with Crippen molar-refractivity contribution >= 4 is 29.1 Å². The third kappa shape index (κ3) is 7.83. The van der Waals surface area contributed by atoms with Crippen molar-refractivity contribution < 1.29 is 14.6 Å². The molecule has 1 saturated heterocycles. The van der Waals surface area contributed by atoms with E-state index in [1.807, 2.05) is 30.3 Å². The fourth-order valence-corrected chi connectivity index (χ4v) is 5.12. The summed E-state index contributed by atoms with van der Waals surface area (Å²) in [7, 11) is 1.66. The molecule has 192 valence electrons. The number of hydrogen-bond acceptors (Lipinski definition) is 5. The number of aliphatic hydroxyl groups excluding tert-OH is 1. The van der Waals surface area contributed by atoms with E-state index >= 15 is 0 Å². The van der Waals surface area contributed by atoms with Crippen molar-refractivity contribution in [1.29, 1.82) is 0 Å². The summed E-state index contributed by atoms with van der Waals surface area (Å²) < 4.78 is 5.55. The maximum absolute atomic E-state index is 13.3. The number of nitrogens with one attached hydrogen (secondary N) is 2. The molecule has 0 bridgehead atoms. The Morgan fingerprint density at radius 2 is 1.83 bits per heavy atom. The molecule has 2 aromatic rings. The lowest BCUT2D eigenvalue weighted by molar-refractivity contribution is -0.122. The van der Waals surface area contributed by atoms with Gasteiger partial charge in [-0.25, -0.2) is 0 Å². The molecule has 1 fully saturated rings. The van der Waals surface area contributed by atoms with E-state index in [2.05, 4.69) is 36.3 Å². The first-order valence-electron chi connectivity index (χ1n) is 12.1. The second kappa shape index (κ2) is 12.4. The average Bonchev–Trinajstić information content (AvgIpc) is 3.24. The summed E-state index contributed by atoms with van der Waals surface area (Å²) >= 11 is 12.5. The van der Waals surface area contributed by atoms with Crippen LogP contribution in [0.15, 0.2) is 42.5 Å². The highest BCUT2D eigenvalue weighted by atomic mass is 35.5. The second-order valence-electron chi connectivity index (χ2n) is 10.2. The molecule has 1 unspecified atom stereocenters. The fourth-order valence-electron chi connectivity index (χ4n) is 4.81. The Morgan fingerprint density at radius 1 is 1.14 bits per heavy atom. The summed E-state index contributed by atoms with van der Waals surface area (Å²) in [5.74, 6) is 0.0434. The van der Waals surface area contributed by atoms with Crippen LogP contribution in [-0.2, 0) is 4.79 Å². The lowest BCUT2D eigenvalue weighted by Crippen LogP contribution is -2.45. The molecule has 2 aromatic carbocycles. The largest absolute Gasteiger partial charge is 0.491 e. The van der Waals surface area contributed by atoms with Crippen molar-refractivity contribution in [2.24, 2.45) is 0 Å². The second-order valence-corrected chi connectivity index (χ2v) is 11.0. The van der Waals surface area contributed by atoms with Crippen molar-refractivity contribution in [3.8, 4) is 5.75 Å². The van der Waals surface area contributed by atoms with Crippen LogP contribution >= 0.6 is 23.2 Å². The van der Waals surface area contributed by atoms with Gasteiger partial charge in [0.2, 0.25) is 5.91 Å². The molecule has 1 aliphatic heterocycles. The van der Waals surface area contributed by atoms with Gasteiger partial charge in [0.1, 0.15) is 12.4 Å². The van der Waals surface area contributed by atoms with E-state index in [0.717, 1.165) is 37.2 Å². The van der Waals surface area contributed by atoms with Gasteiger partial charge in [-0.15, -0.1) is 0 Å². The van der Waals surface area contributed by atoms with Gasteiger partial charge in [0.25, 0.3) is 0 Å². The van der Waals surface area contributed by atoms with Crippen molar-refractivity contribution in [2.75, 3.05) is 39.9 Å². The van der Waals surface area contributed by atoms with Gasteiger partial charge in [-0.3, -0.25) is 4.79 Å². The zero-order valence-electron chi connectivity index (χ0n) is 21.0. The number of likely N-dealkylation sites (tertiary alicyclic amines) is 1. The van der Waals surface area contributed by atoms with Crippen molar-refractivity contribution in [1.82, 2.24) is 15.5 Å². The summed E-state index contributed by atoms with van der Waals surface area (Å²) in [6.07, 6.45) is 1.06. The van der Waals surface area contributed by atoms with Crippen molar-refractivity contribution in [3.05, 3.63) is 63.6 Å². The van der Waals surface area contributed by atoms with E-state index in [4.69, 9.17) is 33.0 Å². The van der Waals surface area contributed by atoms with Gasteiger partial charge in [0.15, 0.2) is 0 Å². The van der Waals surface area contributed by atoms with Crippen molar-refractivity contribution in [2.45, 2.75) is 50.6 Å². The van der Waals surface area contributed by atoms with E-state index in [-0.39, 0.29) is 30.6 Å². The Morgan fingerprint density at radius 3 is 2.43 bits per heavy atom. The quantitative estimate of drug-likeness (QED) is 0.431. The molecule has 0 saturated carbocycles. The molecule has 35 heavy (non-hydrogen) atoms. The number of aliphatic hydroxyl groups is 1. The van der Waals surface area contributed by atoms with Crippen LogP contribution in [0, 0.1) is 0 Å². The minimum atomic E-state index is -0.450. The lowest BCUT2D eigenvalue weighted by Gasteiger charge is -2.31. The number of carbonyl (C=O) groups excluding carboxylic acids is 1. The Balaban J connectivity index is 1.94. The standard InChI is InChI=1S/C27H37Cl2N3O3/c1-27(2,3)31-20-11-12-32(16-20)17-22(18-5-8-21(9-6-18)35-14-13-33)25(26(34)30-4)19-7-10-23(28)24(29)15-19/h5-10,15,20,22,25,31,33H,11-14,16-17H2,1-4H3,(H,30,34)/t20-,22+,25?/m0/s1. The molecule has 0 aromatic heterocycles. The number of hydrogen-bond donors (Lipinski definition) is 3. The molecule has 1 aliphatic rings. The first-order valence-corrected chi connectivity index (χ1v) is 12.9. The van der Waals surface area contributed by atoms with Crippen LogP contribution in [0.25, 0.3) is 0 Å². The van der Waals surface area contributed by atoms with E-state index in [1.54, 1.807) is 19.2 Å². The Kier molecular flexibility index (Phi) is 9.85. The van der Waals surface area contributed by atoms with Gasteiger partial charge in [0.05, 0.1) is 22.6 Å². The number of nitrogens with zero attached hydrogens (tertiary/aromatic N) is 1. The third-order valence-corrected chi connectivity index (χ3v) is 7.01. The summed E-state index contributed by atoms with van der Waals surface area (Å²) in [6, 6.07) is 13.6.